The number of aromatic amines is 1. The third-order valence-corrected chi connectivity index (χ3v) is 6.79. The van der Waals surface area contributed by atoms with Crippen LogP contribution in [0.1, 0.15) is 19.1 Å². The molecule has 0 radical (unpaired) electrons. The molecule has 3 aliphatic rings. The Balaban J connectivity index is 1.38. The molecule has 14 nitrogen and oxygen atoms in total. The molecule has 0 spiro atoms. The Labute approximate surface area is 207 Å². The Morgan fingerprint density at radius 2 is 1.97 bits per heavy atom. The molecule has 4 heterocycles. The van der Waals surface area contributed by atoms with Gasteiger partial charge in [0.2, 0.25) is 0 Å². The summed E-state index contributed by atoms with van der Waals surface area (Å²) >= 11 is 0. The number of aliphatic hydroxyl groups is 3. The first-order valence-electron chi connectivity index (χ1n) is 12.4. The summed E-state index contributed by atoms with van der Waals surface area (Å²) in [7, 11) is 0. The molecule has 0 saturated carbocycles. The zero-order chi connectivity index (χ0) is 25.7. The molecule has 7 N–H and O–H groups in total. The van der Waals surface area contributed by atoms with Gasteiger partial charge in [0.15, 0.2) is 12.5 Å². The SMILES string of the molecule is NC[C@H]1O[C@@H](O[C@@H](CNCCCN2CCOCC2)[C@@H]2C[C@@H](O)[C@H](n3ccc(=O)[nH]c3=O)O2)[C@H](O)[C@@H]1O. The monoisotopic (exact) mass is 515 g/mol. The van der Waals surface area contributed by atoms with Crippen molar-refractivity contribution in [3.8, 4) is 0 Å². The molecule has 14 heteroatoms. The van der Waals surface area contributed by atoms with Gasteiger partial charge >= 0.3 is 5.69 Å². The van der Waals surface area contributed by atoms with Gasteiger partial charge in [0, 0.05) is 44.9 Å². The highest BCUT2D eigenvalue weighted by molar-refractivity contribution is 4.93. The Morgan fingerprint density at radius 1 is 1.19 bits per heavy atom. The minimum atomic E-state index is -1.30. The van der Waals surface area contributed by atoms with E-state index in [0.29, 0.717) is 13.1 Å². The van der Waals surface area contributed by atoms with Crippen molar-refractivity contribution in [2.24, 2.45) is 5.73 Å². The highest BCUT2D eigenvalue weighted by atomic mass is 16.7. The second-order valence-electron chi connectivity index (χ2n) is 9.33. The second-order valence-corrected chi connectivity index (χ2v) is 9.33. The van der Waals surface area contributed by atoms with Crippen molar-refractivity contribution < 1.29 is 34.3 Å². The van der Waals surface area contributed by atoms with Crippen molar-refractivity contribution in [3.63, 3.8) is 0 Å². The maximum Gasteiger partial charge on any atom is 0.330 e. The molecule has 1 aromatic rings. The Hall–Kier alpha value is -1.72. The topological polar surface area (TPSA) is 194 Å². The van der Waals surface area contributed by atoms with Gasteiger partial charge in [0.1, 0.15) is 24.4 Å². The first-order chi connectivity index (χ1) is 17.4. The molecular weight excluding hydrogens is 478 g/mol. The standard InChI is InChI=1S/C22H37N5O9/c23-11-15-18(30)19(31)21(35-15)36-16(12-24-3-1-4-26-6-8-33-9-7-26)14-10-13(28)20(34-14)27-5-2-17(29)25-22(27)32/h2,5,13-16,18-21,24,28,30-31H,1,3-4,6-12,23H2,(H,25,29,32)/t13-,14+,15-,16+,18-,19-,20-,21+/m1/s1. The summed E-state index contributed by atoms with van der Waals surface area (Å²) in [6.07, 6.45) is -5.51. The number of H-pyrrole nitrogens is 1. The molecule has 3 fully saturated rings. The zero-order valence-corrected chi connectivity index (χ0v) is 20.1. The molecule has 3 aliphatic heterocycles. The number of nitrogens with zero attached hydrogens (tertiary/aromatic N) is 2. The van der Waals surface area contributed by atoms with Crippen LogP contribution in [0.25, 0.3) is 0 Å². The van der Waals surface area contributed by atoms with E-state index < -0.39 is 60.4 Å². The lowest BCUT2D eigenvalue weighted by atomic mass is 10.1. The lowest BCUT2D eigenvalue weighted by Crippen LogP contribution is -2.45. The lowest BCUT2D eigenvalue weighted by molar-refractivity contribution is -0.213. The fourth-order valence-electron chi connectivity index (χ4n) is 4.76. The van der Waals surface area contributed by atoms with Gasteiger partial charge in [-0.2, -0.15) is 0 Å². The number of nitrogens with one attached hydrogen (secondary N) is 2. The fourth-order valence-corrected chi connectivity index (χ4v) is 4.76. The molecule has 0 aromatic carbocycles. The summed E-state index contributed by atoms with van der Waals surface area (Å²) in [5.74, 6) is 0. The van der Waals surface area contributed by atoms with Gasteiger partial charge in [-0.15, -0.1) is 0 Å². The predicted molar refractivity (Wildman–Crippen MR) is 125 cm³/mol. The van der Waals surface area contributed by atoms with Crippen LogP contribution in [-0.4, -0.2) is 125 Å². The maximum atomic E-state index is 12.2. The van der Waals surface area contributed by atoms with Crippen molar-refractivity contribution in [2.75, 3.05) is 52.5 Å². The first kappa shape index (κ1) is 27.3. The lowest BCUT2D eigenvalue weighted by Gasteiger charge is -2.29. The Kier molecular flexibility index (Phi) is 9.63. The Bertz CT molecular complexity index is 939. The van der Waals surface area contributed by atoms with E-state index in [1.165, 1.54) is 12.3 Å². The smallest absolute Gasteiger partial charge is 0.330 e. The molecule has 1 aromatic heterocycles. The van der Waals surface area contributed by atoms with Crippen molar-refractivity contribution in [2.45, 2.75) is 62.0 Å². The number of rotatable bonds is 11. The minimum Gasteiger partial charge on any atom is -0.388 e. The van der Waals surface area contributed by atoms with Gasteiger partial charge in [-0.25, -0.2) is 4.79 Å². The second kappa shape index (κ2) is 12.7. The normalized spacial score (nSPS) is 34.3. The zero-order valence-electron chi connectivity index (χ0n) is 20.1. The number of morpholine rings is 1. The van der Waals surface area contributed by atoms with E-state index in [9.17, 15) is 24.9 Å². The molecule has 4 rings (SSSR count). The first-order valence-corrected chi connectivity index (χ1v) is 12.4. The van der Waals surface area contributed by atoms with E-state index in [1.807, 2.05) is 0 Å². The maximum absolute atomic E-state index is 12.2. The summed E-state index contributed by atoms with van der Waals surface area (Å²) in [4.78, 5) is 28.1. The van der Waals surface area contributed by atoms with Gasteiger partial charge in [0.25, 0.3) is 5.56 Å². The van der Waals surface area contributed by atoms with Gasteiger partial charge in [-0.05, 0) is 19.5 Å². The highest BCUT2D eigenvalue weighted by Crippen LogP contribution is 2.32. The molecule has 0 amide bonds. The van der Waals surface area contributed by atoms with E-state index in [-0.39, 0.29) is 13.0 Å². The van der Waals surface area contributed by atoms with Crippen molar-refractivity contribution in [1.82, 2.24) is 19.8 Å². The molecule has 0 unspecified atom stereocenters. The van der Waals surface area contributed by atoms with E-state index in [4.69, 9.17) is 24.7 Å². The molecule has 36 heavy (non-hydrogen) atoms. The summed E-state index contributed by atoms with van der Waals surface area (Å²) < 4.78 is 24.1. The number of hydrogen-bond donors (Lipinski definition) is 6. The van der Waals surface area contributed by atoms with Crippen molar-refractivity contribution in [3.05, 3.63) is 33.1 Å². The van der Waals surface area contributed by atoms with Crippen LogP contribution >= 0.6 is 0 Å². The van der Waals surface area contributed by atoms with Crippen LogP contribution in [0.4, 0.5) is 0 Å². The van der Waals surface area contributed by atoms with Crippen molar-refractivity contribution in [1.29, 1.82) is 0 Å². The largest absolute Gasteiger partial charge is 0.388 e. The third-order valence-electron chi connectivity index (χ3n) is 6.79. The van der Waals surface area contributed by atoms with E-state index in [2.05, 4.69) is 15.2 Å². The van der Waals surface area contributed by atoms with Gasteiger partial charge in [0.05, 0.1) is 25.4 Å². The molecule has 0 bridgehead atoms. The van der Waals surface area contributed by atoms with Crippen LogP contribution in [0.5, 0.6) is 0 Å². The van der Waals surface area contributed by atoms with Gasteiger partial charge in [-0.3, -0.25) is 19.2 Å². The number of nitrogens with two attached hydrogens (primary N) is 1. The number of hydrogen-bond acceptors (Lipinski definition) is 12. The van der Waals surface area contributed by atoms with Crippen LogP contribution in [0.3, 0.4) is 0 Å². The van der Waals surface area contributed by atoms with Crippen LogP contribution in [0.15, 0.2) is 21.9 Å². The van der Waals surface area contributed by atoms with Crippen LogP contribution in [0.2, 0.25) is 0 Å². The average molecular weight is 516 g/mol. The van der Waals surface area contributed by atoms with Crippen LogP contribution in [-0.2, 0) is 18.9 Å². The van der Waals surface area contributed by atoms with Crippen LogP contribution < -0.4 is 22.3 Å². The Morgan fingerprint density at radius 3 is 2.67 bits per heavy atom. The summed E-state index contributed by atoms with van der Waals surface area (Å²) in [6, 6.07) is 1.17. The van der Waals surface area contributed by atoms with Gasteiger partial charge < -0.3 is 45.3 Å². The number of aliphatic hydroxyl groups excluding tert-OH is 3. The van der Waals surface area contributed by atoms with Gasteiger partial charge in [-0.1, -0.05) is 0 Å². The number of aromatic nitrogens is 2. The molecule has 3 saturated heterocycles. The molecule has 8 atom stereocenters. The minimum absolute atomic E-state index is 0.0123. The summed E-state index contributed by atoms with van der Waals surface area (Å²) in [5.41, 5.74) is 4.36. The van der Waals surface area contributed by atoms with Crippen molar-refractivity contribution >= 4 is 0 Å². The fraction of sp³-hybridized carbons (Fsp3) is 0.818. The quantitative estimate of drug-likeness (QED) is 0.158. The third kappa shape index (κ3) is 6.58. The summed E-state index contributed by atoms with van der Waals surface area (Å²) in [6.45, 7) is 5.23. The van der Waals surface area contributed by atoms with E-state index in [0.717, 1.165) is 43.8 Å². The number of ether oxygens (including phenoxy) is 4. The van der Waals surface area contributed by atoms with E-state index in [1.54, 1.807) is 0 Å². The molecular formula is C22H37N5O9. The van der Waals surface area contributed by atoms with Crippen LogP contribution in [0, 0.1) is 0 Å². The average Bonchev–Trinajstić information content (AvgIpc) is 3.38. The van der Waals surface area contributed by atoms with E-state index >= 15 is 0 Å². The highest BCUT2D eigenvalue weighted by Gasteiger charge is 2.46. The summed E-state index contributed by atoms with van der Waals surface area (Å²) in [5, 5.41) is 34.5. The molecule has 0 aliphatic carbocycles. The molecule has 204 valence electrons. The predicted octanol–water partition coefficient (Wildman–Crippen LogP) is -3.71.